The number of aliphatic carboxylic acids is 1. The lowest BCUT2D eigenvalue weighted by Gasteiger charge is -2.16. The van der Waals surface area contributed by atoms with E-state index in [9.17, 15) is 23.1 Å². The van der Waals surface area contributed by atoms with Crippen LogP contribution in [0.4, 0.5) is 5.82 Å². The van der Waals surface area contributed by atoms with E-state index in [2.05, 4.69) is 30.2 Å². The van der Waals surface area contributed by atoms with E-state index in [0.717, 1.165) is 29.7 Å². The minimum absolute atomic E-state index is 0.0106. The second-order valence-electron chi connectivity index (χ2n) is 8.67. The molecule has 0 aliphatic heterocycles. The number of nitrogens with one attached hydrogen (secondary N) is 4. The fourth-order valence-electron chi connectivity index (χ4n) is 3.80. The molecule has 1 atom stereocenters. The highest BCUT2D eigenvalue weighted by Crippen LogP contribution is 2.16. The van der Waals surface area contributed by atoms with Crippen LogP contribution >= 0.6 is 0 Å². The number of carboxylic acid groups (broad SMARTS) is 1. The Morgan fingerprint density at radius 3 is 2.56 bits per heavy atom. The monoisotopic (exact) mass is 551 g/mol. The fraction of sp³-hybridized carbons (Fsp3) is 0.231. The molecule has 5 N–H and O–H groups in total. The molecule has 204 valence electrons. The zero-order chi connectivity index (χ0) is 27.7. The van der Waals surface area contributed by atoms with Crippen molar-refractivity contribution in [1.29, 1.82) is 0 Å². The van der Waals surface area contributed by atoms with Gasteiger partial charge in [-0.05, 0) is 42.3 Å². The second kappa shape index (κ2) is 13.0. The Morgan fingerprint density at radius 1 is 1.03 bits per heavy atom. The Kier molecular flexibility index (Phi) is 9.20. The third-order valence-electron chi connectivity index (χ3n) is 5.79. The number of anilines is 1. The quantitative estimate of drug-likeness (QED) is 0.148. The summed E-state index contributed by atoms with van der Waals surface area (Å²) in [7, 11) is -4.14. The molecule has 4 aromatic rings. The first kappa shape index (κ1) is 27.7. The van der Waals surface area contributed by atoms with Crippen LogP contribution in [0, 0.1) is 0 Å². The average molecular weight is 552 g/mol. The lowest BCUT2D eigenvalue weighted by atomic mass is 10.1. The normalized spacial score (nSPS) is 12.2. The van der Waals surface area contributed by atoms with E-state index < -0.39 is 34.7 Å². The highest BCUT2D eigenvalue weighted by Gasteiger charge is 2.24. The van der Waals surface area contributed by atoms with Gasteiger partial charge in [0.05, 0.1) is 11.7 Å². The summed E-state index contributed by atoms with van der Waals surface area (Å²) in [6.45, 7) is 0.924. The number of hydrogen-bond donors (Lipinski definition) is 5. The van der Waals surface area contributed by atoms with Crippen molar-refractivity contribution in [2.75, 3.05) is 18.4 Å². The van der Waals surface area contributed by atoms with Gasteiger partial charge in [-0.3, -0.25) is 14.3 Å². The molecule has 12 nitrogen and oxygen atoms in total. The molecular weight excluding hydrogens is 522 g/mol. The molecule has 0 fully saturated rings. The first-order valence-electron chi connectivity index (χ1n) is 12.2. The lowest BCUT2D eigenvalue weighted by molar-refractivity contribution is -0.138. The number of nitrogens with zero attached hydrogens (tertiary/aromatic N) is 3. The number of fused-ring (bicyclic) bond motifs is 1. The maximum Gasteiger partial charge on any atom is 0.323 e. The Bertz CT molecular complexity index is 1510. The highest BCUT2D eigenvalue weighted by atomic mass is 32.2. The standard InChI is InChI=1S/C26H29N7O5S/c34-25(29-18-22(26(35)36)32-39(37,38)31-16-19-7-2-1-3-8-19)20-10-11-23-21(15-20)17-30-33(23)14-6-13-28-24-9-4-5-12-27-24/h1-5,7-12,15,17,22,31-32H,6,13-14,16,18H2,(H,27,28)(H,29,34)(H,35,36)/t22-/m0/s1. The summed E-state index contributed by atoms with van der Waals surface area (Å²) in [5.41, 5.74) is 1.86. The van der Waals surface area contributed by atoms with Gasteiger partial charge in [0.15, 0.2) is 0 Å². The maximum absolute atomic E-state index is 12.7. The lowest BCUT2D eigenvalue weighted by Crippen LogP contribution is -2.51. The molecular formula is C26H29N7O5S. The largest absolute Gasteiger partial charge is 0.480 e. The molecule has 0 saturated heterocycles. The Labute approximate surface area is 225 Å². The van der Waals surface area contributed by atoms with E-state index >= 15 is 0 Å². The van der Waals surface area contributed by atoms with Gasteiger partial charge in [-0.25, -0.2) is 4.98 Å². The Hall–Kier alpha value is -4.33. The molecule has 2 heterocycles. The van der Waals surface area contributed by atoms with Gasteiger partial charge in [-0.15, -0.1) is 0 Å². The number of aromatic nitrogens is 3. The smallest absolute Gasteiger partial charge is 0.323 e. The molecule has 4 rings (SSSR count). The molecule has 2 aromatic carbocycles. The van der Waals surface area contributed by atoms with Gasteiger partial charge in [-0.1, -0.05) is 36.4 Å². The Morgan fingerprint density at radius 2 is 1.82 bits per heavy atom. The molecule has 0 aliphatic rings. The summed E-state index contributed by atoms with van der Waals surface area (Å²) < 4.78 is 30.9. The average Bonchev–Trinajstić information content (AvgIpc) is 3.35. The van der Waals surface area contributed by atoms with E-state index in [1.807, 2.05) is 22.9 Å². The summed E-state index contributed by atoms with van der Waals surface area (Å²) in [5, 5.41) is 20.4. The maximum atomic E-state index is 12.7. The minimum Gasteiger partial charge on any atom is -0.480 e. The third-order valence-corrected chi connectivity index (χ3v) is 6.91. The van der Waals surface area contributed by atoms with Gasteiger partial charge in [0.25, 0.3) is 16.1 Å². The van der Waals surface area contributed by atoms with Gasteiger partial charge >= 0.3 is 5.97 Å². The summed E-state index contributed by atoms with van der Waals surface area (Å²) >= 11 is 0. The predicted octanol–water partition coefficient (Wildman–Crippen LogP) is 1.74. The number of carbonyl (C=O) groups excluding carboxylic acids is 1. The van der Waals surface area contributed by atoms with Crippen molar-refractivity contribution < 1.29 is 23.1 Å². The van der Waals surface area contributed by atoms with Gasteiger partial charge in [0, 0.05) is 43.3 Å². The van der Waals surface area contributed by atoms with Crippen molar-refractivity contribution in [2.45, 2.75) is 25.6 Å². The number of hydrogen-bond acceptors (Lipinski definition) is 7. The van der Waals surface area contributed by atoms with Crippen molar-refractivity contribution >= 4 is 38.8 Å². The van der Waals surface area contributed by atoms with E-state index in [4.69, 9.17) is 0 Å². The number of carboxylic acids is 1. The van der Waals surface area contributed by atoms with Crippen LogP contribution in [0.25, 0.3) is 10.9 Å². The van der Waals surface area contributed by atoms with Crippen molar-refractivity contribution in [3.63, 3.8) is 0 Å². The molecule has 1 amide bonds. The van der Waals surface area contributed by atoms with Gasteiger partial charge < -0.3 is 15.7 Å². The van der Waals surface area contributed by atoms with Crippen LogP contribution in [0.3, 0.4) is 0 Å². The van der Waals surface area contributed by atoms with Crippen LogP contribution in [0.2, 0.25) is 0 Å². The van der Waals surface area contributed by atoms with Crippen LogP contribution in [0.5, 0.6) is 0 Å². The minimum atomic E-state index is -4.14. The number of pyridine rings is 1. The number of carbonyl (C=O) groups is 2. The fourth-order valence-corrected chi connectivity index (χ4v) is 4.80. The Balaban J connectivity index is 1.29. The van der Waals surface area contributed by atoms with E-state index in [-0.39, 0.29) is 6.54 Å². The van der Waals surface area contributed by atoms with Crippen molar-refractivity contribution in [3.05, 3.63) is 90.3 Å². The van der Waals surface area contributed by atoms with E-state index in [1.54, 1.807) is 60.9 Å². The van der Waals surface area contributed by atoms with Gasteiger partial charge in [-0.2, -0.15) is 23.0 Å². The number of benzene rings is 2. The molecule has 0 spiro atoms. The molecule has 0 bridgehead atoms. The van der Waals surface area contributed by atoms with Crippen LogP contribution in [0.1, 0.15) is 22.3 Å². The summed E-state index contributed by atoms with van der Waals surface area (Å²) in [6.07, 6.45) is 4.19. The summed E-state index contributed by atoms with van der Waals surface area (Å²) in [4.78, 5) is 28.6. The predicted molar refractivity (Wildman–Crippen MR) is 146 cm³/mol. The third kappa shape index (κ3) is 8.07. The molecule has 39 heavy (non-hydrogen) atoms. The zero-order valence-electron chi connectivity index (χ0n) is 20.9. The van der Waals surface area contributed by atoms with Crippen molar-refractivity contribution in [1.82, 2.24) is 29.5 Å². The molecule has 0 saturated carbocycles. The number of amides is 1. The van der Waals surface area contributed by atoms with Gasteiger partial charge in [0.2, 0.25) is 0 Å². The highest BCUT2D eigenvalue weighted by molar-refractivity contribution is 7.87. The van der Waals surface area contributed by atoms with Crippen molar-refractivity contribution in [2.24, 2.45) is 0 Å². The van der Waals surface area contributed by atoms with Crippen LogP contribution in [-0.2, 0) is 28.1 Å². The van der Waals surface area contributed by atoms with E-state index in [0.29, 0.717) is 17.7 Å². The van der Waals surface area contributed by atoms with Gasteiger partial charge in [0.1, 0.15) is 11.9 Å². The molecule has 0 aliphatic carbocycles. The number of rotatable bonds is 14. The first-order valence-corrected chi connectivity index (χ1v) is 13.7. The van der Waals surface area contributed by atoms with Crippen LogP contribution < -0.4 is 20.1 Å². The molecule has 2 aromatic heterocycles. The molecule has 13 heteroatoms. The summed E-state index contributed by atoms with van der Waals surface area (Å²) in [5.74, 6) is -1.15. The van der Waals surface area contributed by atoms with Crippen LogP contribution in [0.15, 0.2) is 79.1 Å². The number of aryl methyl sites for hydroxylation is 1. The van der Waals surface area contributed by atoms with E-state index in [1.165, 1.54) is 0 Å². The van der Waals surface area contributed by atoms with Crippen LogP contribution in [-0.4, -0.2) is 59.3 Å². The van der Waals surface area contributed by atoms with Crippen molar-refractivity contribution in [3.8, 4) is 0 Å². The zero-order valence-corrected chi connectivity index (χ0v) is 21.8. The topological polar surface area (TPSA) is 167 Å². The molecule has 0 unspecified atom stereocenters. The first-order chi connectivity index (χ1) is 18.8. The summed E-state index contributed by atoms with van der Waals surface area (Å²) in [6, 6.07) is 17.9. The second-order valence-corrected chi connectivity index (χ2v) is 10.2. The SMILES string of the molecule is O=C(NC[C@H](NS(=O)(=O)NCc1ccccc1)C(=O)O)c1ccc2c(cnn2CCCNc2ccccn2)c1. The molecule has 0 radical (unpaired) electrons.